The van der Waals surface area contributed by atoms with Gasteiger partial charge in [0, 0.05) is 5.39 Å². The number of benzene rings is 1. The predicted octanol–water partition coefficient (Wildman–Crippen LogP) is 1.52. The van der Waals surface area contributed by atoms with Crippen LogP contribution in [0, 0.1) is 0 Å². The maximum Gasteiger partial charge on any atom is 0.318 e. The number of nitrogens with two attached hydrogens (primary N) is 1. The fourth-order valence-corrected chi connectivity index (χ4v) is 2.12. The molecular formula is C12H11N3O2S. The van der Waals surface area contributed by atoms with Crippen molar-refractivity contribution in [2.24, 2.45) is 5.73 Å². The van der Waals surface area contributed by atoms with Crippen LogP contribution in [-0.4, -0.2) is 22.7 Å². The van der Waals surface area contributed by atoms with Crippen LogP contribution in [0.4, 0.5) is 4.79 Å². The first kappa shape index (κ1) is 12.4. The molecule has 3 amide bonds. The van der Waals surface area contributed by atoms with Crippen LogP contribution in [0.3, 0.4) is 0 Å². The third kappa shape index (κ3) is 3.21. The molecule has 0 spiro atoms. The number of urea groups is 1. The lowest BCUT2D eigenvalue weighted by Gasteiger charge is -2.02. The molecule has 1 aromatic heterocycles. The Morgan fingerprint density at radius 2 is 2.00 bits per heavy atom. The Hall–Kier alpha value is -2.08. The number of hydrogen-bond donors (Lipinski definition) is 2. The molecule has 0 radical (unpaired) electrons. The van der Waals surface area contributed by atoms with Gasteiger partial charge in [-0.25, -0.2) is 9.78 Å². The maximum absolute atomic E-state index is 11.2. The van der Waals surface area contributed by atoms with Gasteiger partial charge in [0.2, 0.25) is 5.91 Å². The Bertz CT molecular complexity index is 601. The quantitative estimate of drug-likeness (QED) is 0.820. The fourth-order valence-electron chi connectivity index (χ4n) is 1.44. The molecule has 0 aliphatic carbocycles. The molecule has 2 rings (SSSR count). The van der Waals surface area contributed by atoms with Gasteiger partial charge < -0.3 is 5.73 Å². The standard InChI is InChI=1S/C12H11N3O2S/c13-12(17)15-10(16)7-18-11-6-5-8-3-1-2-4-9(8)14-11/h1-6H,7H2,(H3,13,15,16,17). The van der Waals surface area contributed by atoms with Crippen LogP contribution in [0.1, 0.15) is 0 Å². The SMILES string of the molecule is NC(=O)NC(=O)CSc1ccc2ccccc2n1. The highest BCUT2D eigenvalue weighted by Gasteiger charge is 2.06. The highest BCUT2D eigenvalue weighted by Crippen LogP contribution is 2.19. The molecule has 1 aromatic carbocycles. The van der Waals surface area contributed by atoms with Crippen LogP contribution < -0.4 is 11.1 Å². The Kier molecular flexibility index (Phi) is 3.78. The number of hydrogen-bond acceptors (Lipinski definition) is 4. The van der Waals surface area contributed by atoms with E-state index < -0.39 is 11.9 Å². The van der Waals surface area contributed by atoms with E-state index in [1.165, 1.54) is 11.8 Å². The van der Waals surface area contributed by atoms with Crippen molar-refractivity contribution in [1.82, 2.24) is 10.3 Å². The number of carbonyl (C=O) groups excluding carboxylic acids is 2. The van der Waals surface area contributed by atoms with Gasteiger partial charge in [-0.2, -0.15) is 0 Å². The van der Waals surface area contributed by atoms with E-state index in [4.69, 9.17) is 5.73 Å². The maximum atomic E-state index is 11.2. The summed E-state index contributed by atoms with van der Waals surface area (Å²) >= 11 is 1.25. The number of primary amides is 1. The molecule has 2 aromatic rings. The molecule has 3 N–H and O–H groups in total. The summed E-state index contributed by atoms with van der Waals surface area (Å²) in [6, 6.07) is 10.7. The molecule has 0 fully saturated rings. The Morgan fingerprint density at radius 1 is 1.22 bits per heavy atom. The van der Waals surface area contributed by atoms with E-state index in [0.29, 0.717) is 0 Å². The zero-order valence-electron chi connectivity index (χ0n) is 9.42. The van der Waals surface area contributed by atoms with Crippen LogP contribution in [0.25, 0.3) is 10.9 Å². The van der Waals surface area contributed by atoms with Crippen molar-refractivity contribution in [2.45, 2.75) is 5.03 Å². The number of nitrogens with zero attached hydrogens (tertiary/aromatic N) is 1. The number of nitrogens with one attached hydrogen (secondary N) is 1. The summed E-state index contributed by atoms with van der Waals surface area (Å²) in [5.74, 6) is -0.323. The van der Waals surface area contributed by atoms with E-state index in [2.05, 4.69) is 4.98 Å². The lowest BCUT2D eigenvalue weighted by molar-refractivity contribution is -0.117. The van der Waals surface area contributed by atoms with Gasteiger partial charge in [0.25, 0.3) is 0 Å². The second-order valence-corrected chi connectivity index (χ2v) is 4.54. The Balaban J connectivity index is 2.04. The van der Waals surface area contributed by atoms with Gasteiger partial charge in [0.05, 0.1) is 16.3 Å². The number of pyridine rings is 1. The summed E-state index contributed by atoms with van der Waals surface area (Å²) in [6.07, 6.45) is 0. The summed E-state index contributed by atoms with van der Waals surface area (Å²) < 4.78 is 0. The van der Waals surface area contributed by atoms with Crippen molar-refractivity contribution in [3.05, 3.63) is 36.4 Å². The average molecular weight is 261 g/mol. The minimum absolute atomic E-state index is 0.105. The molecular weight excluding hydrogens is 250 g/mol. The first-order chi connectivity index (χ1) is 8.65. The summed E-state index contributed by atoms with van der Waals surface area (Å²) in [7, 11) is 0. The largest absolute Gasteiger partial charge is 0.351 e. The van der Waals surface area contributed by atoms with Gasteiger partial charge in [0.1, 0.15) is 0 Å². The Morgan fingerprint density at radius 3 is 2.78 bits per heavy atom. The molecule has 0 saturated carbocycles. The highest BCUT2D eigenvalue weighted by molar-refractivity contribution is 7.99. The van der Waals surface area contributed by atoms with Crippen molar-refractivity contribution in [3.63, 3.8) is 0 Å². The molecule has 5 nitrogen and oxygen atoms in total. The molecule has 0 saturated heterocycles. The second kappa shape index (κ2) is 5.50. The first-order valence-electron chi connectivity index (χ1n) is 5.23. The number of aromatic nitrogens is 1. The summed E-state index contributed by atoms with van der Waals surface area (Å²) in [6.45, 7) is 0. The third-order valence-corrected chi connectivity index (χ3v) is 3.12. The van der Waals surface area contributed by atoms with Crippen LogP contribution in [0.5, 0.6) is 0 Å². The van der Waals surface area contributed by atoms with Gasteiger partial charge in [-0.1, -0.05) is 36.0 Å². The van der Waals surface area contributed by atoms with Gasteiger partial charge in [-0.3, -0.25) is 10.1 Å². The molecule has 0 unspecified atom stereocenters. The van der Waals surface area contributed by atoms with E-state index in [9.17, 15) is 9.59 Å². The van der Waals surface area contributed by atoms with Crippen LogP contribution in [-0.2, 0) is 4.79 Å². The second-order valence-electron chi connectivity index (χ2n) is 3.54. The molecule has 6 heteroatoms. The Labute approximate surface area is 108 Å². The number of thioether (sulfide) groups is 1. The number of imide groups is 1. The molecule has 0 aliphatic rings. The topological polar surface area (TPSA) is 85.1 Å². The summed E-state index contributed by atoms with van der Waals surface area (Å²) in [5.41, 5.74) is 5.71. The molecule has 0 aliphatic heterocycles. The molecule has 0 atom stereocenters. The van der Waals surface area contributed by atoms with Crippen molar-refractivity contribution in [2.75, 3.05) is 5.75 Å². The average Bonchev–Trinajstić information content (AvgIpc) is 2.35. The smallest absolute Gasteiger partial charge is 0.318 e. The van der Waals surface area contributed by atoms with Gasteiger partial charge >= 0.3 is 6.03 Å². The minimum Gasteiger partial charge on any atom is -0.351 e. The van der Waals surface area contributed by atoms with Crippen molar-refractivity contribution < 1.29 is 9.59 Å². The third-order valence-electron chi connectivity index (χ3n) is 2.19. The van der Waals surface area contributed by atoms with Crippen molar-refractivity contribution in [3.8, 4) is 0 Å². The van der Waals surface area contributed by atoms with E-state index in [-0.39, 0.29) is 5.75 Å². The van der Waals surface area contributed by atoms with Gasteiger partial charge in [-0.05, 0) is 12.1 Å². The normalized spacial score (nSPS) is 10.2. The lowest BCUT2D eigenvalue weighted by atomic mass is 10.2. The lowest BCUT2D eigenvalue weighted by Crippen LogP contribution is -2.36. The molecule has 18 heavy (non-hydrogen) atoms. The summed E-state index contributed by atoms with van der Waals surface area (Å²) in [4.78, 5) is 26.1. The number of amides is 3. The van der Waals surface area contributed by atoms with Gasteiger partial charge in [-0.15, -0.1) is 0 Å². The predicted molar refractivity (Wildman–Crippen MR) is 70.2 cm³/mol. The van der Waals surface area contributed by atoms with Crippen molar-refractivity contribution >= 4 is 34.6 Å². The number of para-hydroxylation sites is 1. The van der Waals surface area contributed by atoms with E-state index >= 15 is 0 Å². The molecule has 92 valence electrons. The zero-order valence-corrected chi connectivity index (χ0v) is 10.2. The first-order valence-corrected chi connectivity index (χ1v) is 6.21. The van der Waals surface area contributed by atoms with Crippen molar-refractivity contribution in [1.29, 1.82) is 0 Å². The summed E-state index contributed by atoms with van der Waals surface area (Å²) in [5, 5.41) is 3.78. The number of fused-ring (bicyclic) bond motifs is 1. The van der Waals surface area contributed by atoms with Crippen LogP contribution in [0.2, 0.25) is 0 Å². The zero-order chi connectivity index (χ0) is 13.0. The molecule has 1 heterocycles. The highest BCUT2D eigenvalue weighted by atomic mass is 32.2. The van der Waals surface area contributed by atoms with E-state index in [1.807, 2.05) is 41.7 Å². The number of rotatable bonds is 3. The van der Waals surface area contributed by atoms with E-state index in [1.54, 1.807) is 0 Å². The van der Waals surface area contributed by atoms with Gasteiger partial charge in [0.15, 0.2) is 0 Å². The molecule has 0 bridgehead atoms. The van der Waals surface area contributed by atoms with Crippen LogP contribution >= 0.6 is 11.8 Å². The minimum atomic E-state index is -0.841. The van der Waals surface area contributed by atoms with Crippen LogP contribution in [0.15, 0.2) is 41.4 Å². The number of carbonyl (C=O) groups is 2. The fraction of sp³-hybridized carbons (Fsp3) is 0.0833. The monoisotopic (exact) mass is 261 g/mol. The van der Waals surface area contributed by atoms with E-state index in [0.717, 1.165) is 15.9 Å².